The largest absolute Gasteiger partial charge is 0.445 e. The van der Waals surface area contributed by atoms with Gasteiger partial charge in [0, 0.05) is 57.6 Å². The zero-order valence-corrected chi connectivity index (χ0v) is 32.4. The molecule has 6 aliphatic rings. The first-order valence-electron chi connectivity index (χ1n) is 19.9. The molecule has 5 aliphatic heterocycles. The van der Waals surface area contributed by atoms with E-state index >= 15 is 4.39 Å². The number of alkyl carbamates (subject to hydrolysis) is 1. The number of fused-ring (bicyclic) bond motifs is 1. The summed E-state index contributed by atoms with van der Waals surface area (Å²) in [6, 6.07) is 10.5. The van der Waals surface area contributed by atoms with Crippen molar-refractivity contribution in [1.29, 1.82) is 0 Å². The summed E-state index contributed by atoms with van der Waals surface area (Å²) in [5, 5.41) is 4.45. The van der Waals surface area contributed by atoms with Gasteiger partial charge in [-0.15, -0.1) is 0 Å². The minimum absolute atomic E-state index is 0.00765. The molecule has 8 rings (SSSR count). The number of halogens is 1. The molecule has 1 atom stereocenters. The molecule has 0 aromatic heterocycles. The lowest BCUT2D eigenvalue weighted by Crippen LogP contribution is -2.54. The lowest BCUT2D eigenvalue weighted by atomic mass is 9.57. The third-order valence-corrected chi connectivity index (χ3v) is 15.3. The van der Waals surface area contributed by atoms with Crippen LogP contribution in [-0.4, -0.2) is 115 Å². The number of ether oxygens (including phenoxy) is 1. The van der Waals surface area contributed by atoms with Crippen LogP contribution in [0.25, 0.3) is 0 Å². The van der Waals surface area contributed by atoms with Gasteiger partial charge in [-0.1, -0.05) is 30.3 Å². The van der Waals surface area contributed by atoms with Crippen molar-refractivity contribution >= 4 is 51.3 Å². The predicted molar refractivity (Wildman–Crippen MR) is 203 cm³/mol. The summed E-state index contributed by atoms with van der Waals surface area (Å²) in [4.78, 5) is 80.8. The molecular formula is C40H47FN6O9S. The molecule has 0 radical (unpaired) electrons. The van der Waals surface area contributed by atoms with Crippen LogP contribution < -0.4 is 15.5 Å². The Morgan fingerprint density at radius 2 is 1.51 bits per heavy atom. The molecule has 5 fully saturated rings. The molecule has 1 aliphatic carbocycles. The van der Waals surface area contributed by atoms with Gasteiger partial charge in [0.2, 0.25) is 27.7 Å². The third-order valence-electron chi connectivity index (χ3n) is 12.9. The van der Waals surface area contributed by atoms with Gasteiger partial charge in [0.1, 0.15) is 18.5 Å². The normalized spacial score (nSPS) is 23.7. The van der Waals surface area contributed by atoms with Crippen molar-refractivity contribution in [2.24, 2.45) is 11.3 Å². The second kappa shape index (κ2) is 15.5. The molecule has 5 heterocycles. The summed E-state index contributed by atoms with van der Waals surface area (Å²) in [5.41, 5.74) is 0.963. The number of carbonyl (C=O) groups is 6. The molecule has 1 spiro atoms. The topological polar surface area (TPSA) is 183 Å². The zero-order chi connectivity index (χ0) is 40.1. The second-order valence-corrected chi connectivity index (χ2v) is 18.6. The number of anilines is 1. The highest BCUT2D eigenvalue weighted by Crippen LogP contribution is 2.54. The first kappa shape index (κ1) is 38.9. The van der Waals surface area contributed by atoms with Crippen LogP contribution in [0.15, 0.2) is 42.5 Å². The maximum absolute atomic E-state index is 15.5. The molecule has 15 nitrogen and oxygen atoms in total. The van der Waals surface area contributed by atoms with E-state index in [2.05, 4.69) is 10.6 Å². The first-order valence-corrected chi connectivity index (χ1v) is 21.4. The number of likely N-dealkylation sites (tertiary alicyclic amines) is 1. The number of hydrogen-bond donors (Lipinski definition) is 2. The molecule has 6 amide bonds. The Bertz CT molecular complexity index is 2070. The van der Waals surface area contributed by atoms with Crippen LogP contribution in [0.2, 0.25) is 0 Å². The Labute approximate surface area is 330 Å². The molecule has 4 saturated heterocycles. The molecule has 1 unspecified atom stereocenters. The van der Waals surface area contributed by atoms with Crippen LogP contribution in [0.3, 0.4) is 0 Å². The van der Waals surface area contributed by atoms with E-state index in [4.69, 9.17) is 4.74 Å². The number of amides is 6. The highest BCUT2D eigenvalue weighted by molar-refractivity contribution is 7.89. The van der Waals surface area contributed by atoms with E-state index < -0.39 is 56.9 Å². The van der Waals surface area contributed by atoms with Gasteiger partial charge in [0.25, 0.3) is 11.8 Å². The van der Waals surface area contributed by atoms with Gasteiger partial charge < -0.3 is 19.9 Å². The number of imide groups is 2. The van der Waals surface area contributed by atoms with Crippen LogP contribution in [-0.2, 0) is 35.8 Å². The number of nitrogens with one attached hydrogen (secondary N) is 2. The molecule has 2 N–H and O–H groups in total. The van der Waals surface area contributed by atoms with Crippen molar-refractivity contribution in [2.45, 2.75) is 88.1 Å². The van der Waals surface area contributed by atoms with E-state index in [0.29, 0.717) is 77.8 Å². The summed E-state index contributed by atoms with van der Waals surface area (Å²) in [6.45, 7) is 2.55. The van der Waals surface area contributed by atoms with Crippen molar-refractivity contribution in [3.05, 3.63) is 65.0 Å². The van der Waals surface area contributed by atoms with Crippen LogP contribution in [0.4, 0.5) is 14.9 Å². The minimum atomic E-state index is -3.56. The van der Waals surface area contributed by atoms with E-state index in [9.17, 15) is 37.2 Å². The highest BCUT2D eigenvalue weighted by Gasteiger charge is 2.51. The fourth-order valence-electron chi connectivity index (χ4n) is 9.54. The lowest BCUT2D eigenvalue weighted by Gasteiger charge is -2.53. The van der Waals surface area contributed by atoms with Crippen molar-refractivity contribution < 1.29 is 46.3 Å². The number of nitrogens with zero attached hydrogens (tertiary/aromatic N) is 4. The van der Waals surface area contributed by atoms with Gasteiger partial charge in [0.05, 0.1) is 22.1 Å². The fourth-order valence-corrected chi connectivity index (χ4v) is 11.5. The van der Waals surface area contributed by atoms with Gasteiger partial charge in [-0.3, -0.25) is 34.2 Å². The Hall–Kier alpha value is -4.90. The monoisotopic (exact) mass is 806 g/mol. The standard InChI is InChI=1S/C40H47FN6O9S/c41-31-20-29-30(38(52)47(37(29)51)32-6-7-34(48)43-35(32)49)21-33(31)44-18-12-40(13-19-44)22-26(23-40)36(50)45-14-10-28(11-15-45)57(54,55)46-16-8-27(9-17-46)42-39(53)56-24-25-4-2-1-3-5-25/h1-5,20-21,26-28,32H,6-19,22-24H2,(H,42,53)(H,43,48,49). The average Bonchev–Trinajstić information content (AvgIpc) is 3.43. The highest BCUT2D eigenvalue weighted by atomic mass is 32.2. The van der Waals surface area contributed by atoms with Crippen LogP contribution in [0, 0.1) is 17.2 Å². The zero-order valence-electron chi connectivity index (χ0n) is 31.6. The van der Waals surface area contributed by atoms with Crippen molar-refractivity contribution in [1.82, 2.24) is 24.7 Å². The average molecular weight is 807 g/mol. The van der Waals surface area contributed by atoms with E-state index in [1.807, 2.05) is 35.2 Å². The molecule has 304 valence electrons. The molecule has 0 bridgehead atoms. The van der Waals surface area contributed by atoms with Crippen molar-refractivity contribution in [3.8, 4) is 0 Å². The fraction of sp³-hybridized carbons (Fsp3) is 0.550. The Morgan fingerprint density at radius 3 is 2.16 bits per heavy atom. The molecule has 2 aromatic carbocycles. The van der Waals surface area contributed by atoms with Crippen LogP contribution >= 0.6 is 0 Å². The summed E-state index contributed by atoms with van der Waals surface area (Å²) in [6.07, 6.45) is 4.08. The molecule has 2 aromatic rings. The summed E-state index contributed by atoms with van der Waals surface area (Å²) in [5.74, 6) is -3.37. The predicted octanol–water partition coefficient (Wildman–Crippen LogP) is 2.94. The summed E-state index contributed by atoms with van der Waals surface area (Å²) >= 11 is 0. The molecule has 1 saturated carbocycles. The SMILES string of the molecule is O=C1CCC(N2C(=O)c3cc(F)c(N4CCC5(CC4)CC(C(=O)N4CCC(S(=O)(=O)N6CCC(NC(=O)OCc7ccccc7)CC6)CC4)C5)cc3C2=O)C(=O)N1. The van der Waals surface area contributed by atoms with Gasteiger partial charge in [0.15, 0.2) is 0 Å². The van der Waals surface area contributed by atoms with Crippen LogP contribution in [0.1, 0.15) is 90.5 Å². The number of benzene rings is 2. The van der Waals surface area contributed by atoms with Gasteiger partial charge in [-0.05, 0) is 80.9 Å². The van der Waals surface area contributed by atoms with Gasteiger partial charge >= 0.3 is 6.09 Å². The number of hydrogen-bond acceptors (Lipinski definition) is 10. The second-order valence-electron chi connectivity index (χ2n) is 16.3. The summed E-state index contributed by atoms with van der Waals surface area (Å²) in [7, 11) is -3.56. The Morgan fingerprint density at radius 1 is 0.860 bits per heavy atom. The van der Waals surface area contributed by atoms with E-state index in [0.717, 1.165) is 29.4 Å². The number of carbonyl (C=O) groups excluding carboxylic acids is 6. The number of rotatable bonds is 8. The molecule has 57 heavy (non-hydrogen) atoms. The summed E-state index contributed by atoms with van der Waals surface area (Å²) < 4.78 is 49.4. The quantitative estimate of drug-likeness (QED) is 0.377. The smallest absolute Gasteiger partial charge is 0.407 e. The maximum atomic E-state index is 15.5. The first-order chi connectivity index (χ1) is 27.3. The van der Waals surface area contributed by atoms with E-state index in [1.54, 1.807) is 4.90 Å². The Balaban J connectivity index is 0.776. The lowest BCUT2D eigenvalue weighted by molar-refractivity contribution is -0.145. The molecular weight excluding hydrogens is 760 g/mol. The molecule has 17 heteroatoms. The number of piperidine rings is 4. The minimum Gasteiger partial charge on any atom is -0.445 e. The van der Waals surface area contributed by atoms with Gasteiger partial charge in [-0.25, -0.2) is 21.9 Å². The van der Waals surface area contributed by atoms with E-state index in [-0.39, 0.29) is 59.5 Å². The van der Waals surface area contributed by atoms with Crippen molar-refractivity contribution in [2.75, 3.05) is 44.2 Å². The number of sulfonamides is 1. The van der Waals surface area contributed by atoms with Gasteiger partial charge in [-0.2, -0.15) is 0 Å². The van der Waals surface area contributed by atoms with Crippen LogP contribution in [0.5, 0.6) is 0 Å². The maximum Gasteiger partial charge on any atom is 0.407 e. The Kier molecular flexibility index (Phi) is 10.6. The third kappa shape index (κ3) is 7.63. The van der Waals surface area contributed by atoms with Crippen molar-refractivity contribution in [3.63, 3.8) is 0 Å². The van der Waals surface area contributed by atoms with E-state index in [1.165, 1.54) is 10.4 Å².